The van der Waals surface area contributed by atoms with E-state index in [-0.39, 0.29) is 17.0 Å². The number of nitrogens with zero attached hydrogens (tertiary/aromatic N) is 1. The van der Waals surface area contributed by atoms with Crippen molar-refractivity contribution in [2.75, 3.05) is 25.3 Å². The molecule has 2 aromatic carbocycles. The van der Waals surface area contributed by atoms with Crippen LogP contribution in [0.2, 0.25) is 0 Å². The van der Waals surface area contributed by atoms with Crippen LogP contribution < -0.4 is 20.5 Å². The summed E-state index contributed by atoms with van der Waals surface area (Å²) in [4.78, 5) is 22.6. The predicted octanol–water partition coefficient (Wildman–Crippen LogP) is 2.45. The number of ether oxygens (including phenoxy) is 2. The number of nitrogens with one attached hydrogen (secondary N) is 1. The number of amides is 1. The normalized spacial score (nSPS) is 10.0. The van der Waals surface area contributed by atoms with Gasteiger partial charge in [0, 0.05) is 17.3 Å². The number of hydrogen-bond acceptors (Lipinski definition) is 6. The Morgan fingerprint density at radius 2 is 1.78 bits per heavy atom. The van der Waals surface area contributed by atoms with Gasteiger partial charge in [0.25, 0.3) is 5.91 Å². The summed E-state index contributed by atoms with van der Waals surface area (Å²) in [6.07, 6.45) is 0. The fourth-order valence-corrected chi connectivity index (χ4v) is 1.99. The van der Waals surface area contributed by atoms with Crippen molar-refractivity contribution in [2.24, 2.45) is 0 Å². The van der Waals surface area contributed by atoms with Gasteiger partial charge in [-0.05, 0) is 30.3 Å². The van der Waals surface area contributed by atoms with Crippen LogP contribution in [0, 0.1) is 10.1 Å². The third-order valence-corrected chi connectivity index (χ3v) is 3.13. The number of carbonyl (C=O) groups excluding carboxylic acids is 1. The lowest BCUT2D eigenvalue weighted by molar-refractivity contribution is -0.385. The van der Waals surface area contributed by atoms with Crippen molar-refractivity contribution in [1.29, 1.82) is 0 Å². The SMILES string of the molecule is COc1ccc(NC(=O)c2ccc(OC)c([N+](=O)[O-])c2)cc1N. The Balaban J connectivity index is 2.25. The van der Waals surface area contributed by atoms with Gasteiger partial charge >= 0.3 is 5.69 Å². The van der Waals surface area contributed by atoms with Crippen LogP contribution in [-0.2, 0) is 0 Å². The summed E-state index contributed by atoms with van der Waals surface area (Å²) >= 11 is 0. The van der Waals surface area contributed by atoms with Crippen molar-refractivity contribution in [3.8, 4) is 11.5 Å². The first-order valence-electron chi connectivity index (χ1n) is 6.53. The summed E-state index contributed by atoms with van der Waals surface area (Å²) < 4.78 is 9.93. The predicted molar refractivity (Wildman–Crippen MR) is 85.0 cm³/mol. The third kappa shape index (κ3) is 3.49. The molecule has 2 aromatic rings. The summed E-state index contributed by atoms with van der Waals surface area (Å²) in [6.45, 7) is 0. The largest absolute Gasteiger partial charge is 0.495 e. The maximum Gasteiger partial charge on any atom is 0.311 e. The van der Waals surface area contributed by atoms with Crippen molar-refractivity contribution >= 4 is 23.0 Å². The second-order valence-electron chi connectivity index (χ2n) is 4.55. The number of nitrogens with two attached hydrogens (primary N) is 1. The minimum absolute atomic E-state index is 0.0836. The smallest absolute Gasteiger partial charge is 0.311 e. The first-order chi connectivity index (χ1) is 11.0. The van der Waals surface area contributed by atoms with E-state index in [9.17, 15) is 14.9 Å². The third-order valence-electron chi connectivity index (χ3n) is 3.13. The van der Waals surface area contributed by atoms with Gasteiger partial charge in [-0.25, -0.2) is 0 Å². The summed E-state index contributed by atoms with van der Waals surface area (Å²) in [5, 5.41) is 13.6. The van der Waals surface area contributed by atoms with Gasteiger partial charge in [0.15, 0.2) is 5.75 Å². The number of anilines is 2. The lowest BCUT2D eigenvalue weighted by Gasteiger charge is -2.09. The average Bonchev–Trinajstić information content (AvgIpc) is 2.54. The first kappa shape index (κ1) is 16.1. The van der Waals surface area contributed by atoms with Gasteiger partial charge in [-0.3, -0.25) is 14.9 Å². The Bertz CT molecular complexity index is 761. The molecule has 23 heavy (non-hydrogen) atoms. The topological polar surface area (TPSA) is 117 Å². The monoisotopic (exact) mass is 317 g/mol. The lowest BCUT2D eigenvalue weighted by Crippen LogP contribution is -2.12. The van der Waals surface area contributed by atoms with Crippen LogP contribution in [0.25, 0.3) is 0 Å². The van der Waals surface area contributed by atoms with E-state index in [0.717, 1.165) is 6.07 Å². The van der Waals surface area contributed by atoms with Crippen LogP contribution in [0.5, 0.6) is 11.5 Å². The fraction of sp³-hybridized carbons (Fsp3) is 0.133. The highest BCUT2D eigenvalue weighted by Crippen LogP contribution is 2.28. The quantitative estimate of drug-likeness (QED) is 0.497. The molecule has 0 aliphatic heterocycles. The van der Waals surface area contributed by atoms with E-state index in [4.69, 9.17) is 15.2 Å². The Kier molecular flexibility index (Phi) is 4.65. The Morgan fingerprint density at radius 1 is 1.13 bits per heavy atom. The van der Waals surface area contributed by atoms with Gasteiger partial charge in [-0.1, -0.05) is 0 Å². The van der Waals surface area contributed by atoms with Gasteiger partial charge in [-0.15, -0.1) is 0 Å². The number of methoxy groups -OCH3 is 2. The highest BCUT2D eigenvalue weighted by molar-refractivity contribution is 6.05. The van der Waals surface area contributed by atoms with Gasteiger partial charge < -0.3 is 20.5 Å². The van der Waals surface area contributed by atoms with Crippen LogP contribution in [0.1, 0.15) is 10.4 Å². The molecule has 0 aliphatic rings. The minimum Gasteiger partial charge on any atom is -0.495 e. The second kappa shape index (κ2) is 6.65. The zero-order chi connectivity index (χ0) is 17.0. The average molecular weight is 317 g/mol. The summed E-state index contributed by atoms with van der Waals surface area (Å²) in [5.41, 5.74) is 6.43. The molecule has 0 unspecified atom stereocenters. The lowest BCUT2D eigenvalue weighted by atomic mass is 10.1. The molecule has 8 nitrogen and oxygen atoms in total. The van der Waals surface area contributed by atoms with Crippen LogP contribution in [0.15, 0.2) is 36.4 Å². The highest BCUT2D eigenvalue weighted by Gasteiger charge is 2.18. The summed E-state index contributed by atoms with van der Waals surface area (Å²) in [7, 11) is 2.81. The molecule has 1 amide bonds. The van der Waals surface area contributed by atoms with Crippen LogP contribution >= 0.6 is 0 Å². The molecule has 0 bridgehead atoms. The molecule has 0 fully saturated rings. The standard InChI is InChI=1S/C15H15N3O5/c1-22-13-6-4-10(8-11(13)16)17-15(19)9-3-5-14(23-2)12(7-9)18(20)21/h3-8H,16H2,1-2H3,(H,17,19). The molecule has 0 aromatic heterocycles. The van der Waals surface area contributed by atoms with E-state index in [1.54, 1.807) is 12.1 Å². The van der Waals surface area contributed by atoms with Crippen molar-refractivity contribution in [3.63, 3.8) is 0 Å². The zero-order valence-electron chi connectivity index (χ0n) is 12.5. The molecule has 0 saturated carbocycles. The number of carbonyl (C=O) groups is 1. The Morgan fingerprint density at radius 3 is 2.35 bits per heavy atom. The fourth-order valence-electron chi connectivity index (χ4n) is 1.99. The molecular weight excluding hydrogens is 302 g/mol. The summed E-state index contributed by atoms with van der Waals surface area (Å²) in [6, 6.07) is 8.73. The molecule has 0 radical (unpaired) electrons. The number of nitrogen functional groups attached to an aromatic ring is 1. The molecule has 0 atom stereocenters. The molecule has 2 rings (SSSR count). The number of rotatable bonds is 5. The molecule has 8 heteroatoms. The van der Waals surface area contributed by atoms with E-state index in [1.165, 1.54) is 32.4 Å². The molecule has 0 saturated heterocycles. The van der Waals surface area contributed by atoms with Gasteiger partial charge in [-0.2, -0.15) is 0 Å². The van der Waals surface area contributed by atoms with Crippen molar-refractivity contribution in [1.82, 2.24) is 0 Å². The van der Waals surface area contributed by atoms with Crippen molar-refractivity contribution in [3.05, 3.63) is 52.1 Å². The number of nitro groups is 1. The molecular formula is C15H15N3O5. The van der Waals surface area contributed by atoms with Gasteiger partial charge in [0.05, 0.1) is 24.8 Å². The van der Waals surface area contributed by atoms with E-state index in [2.05, 4.69) is 5.32 Å². The second-order valence-corrected chi connectivity index (χ2v) is 4.55. The minimum atomic E-state index is -0.610. The van der Waals surface area contributed by atoms with E-state index in [0.29, 0.717) is 17.1 Å². The zero-order valence-corrected chi connectivity index (χ0v) is 12.5. The summed E-state index contributed by atoms with van der Waals surface area (Å²) in [5.74, 6) is 0.0728. The number of benzene rings is 2. The van der Waals surface area contributed by atoms with Crippen molar-refractivity contribution in [2.45, 2.75) is 0 Å². The molecule has 3 N–H and O–H groups in total. The van der Waals surface area contributed by atoms with Crippen LogP contribution in [0.4, 0.5) is 17.1 Å². The van der Waals surface area contributed by atoms with E-state index < -0.39 is 10.8 Å². The first-order valence-corrected chi connectivity index (χ1v) is 6.53. The molecule has 120 valence electrons. The van der Waals surface area contributed by atoms with Gasteiger partial charge in [0.1, 0.15) is 5.75 Å². The number of nitro benzene ring substituents is 1. The van der Waals surface area contributed by atoms with E-state index in [1.807, 2.05) is 0 Å². The van der Waals surface area contributed by atoms with Gasteiger partial charge in [0.2, 0.25) is 0 Å². The van der Waals surface area contributed by atoms with E-state index >= 15 is 0 Å². The highest BCUT2D eigenvalue weighted by atomic mass is 16.6. The molecule has 0 heterocycles. The van der Waals surface area contributed by atoms with Crippen LogP contribution in [0.3, 0.4) is 0 Å². The Labute approximate surface area is 132 Å². The Hall–Kier alpha value is -3.29. The molecule has 0 aliphatic carbocycles. The van der Waals surface area contributed by atoms with Crippen LogP contribution in [-0.4, -0.2) is 25.1 Å². The maximum atomic E-state index is 12.2. The van der Waals surface area contributed by atoms with Crippen molar-refractivity contribution < 1.29 is 19.2 Å². The maximum absolute atomic E-state index is 12.2. The number of hydrogen-bond donors (Lipinski definition) is 2. The molecule has 0 spiro atoms.